The van der Waals surface area contributed by atoms with E-state index in [9.17, 15) is 20.4 Å². The fourth-order valence-electron chi connectivity index (χ4n) is 3.58. The van der Waals surface area contributed by atoms with Gasteiger partial charge in [-0.25, -0.2) is 0 Å². The van der Waals surface area contributed by atoms with Gasteiger partial charge >= 0.3 is 0 Å². The van der Waals surface area contributed by atoms with Crippen molar-refractivity contribution in [2.45, 2.75) is 50.9 Å². The molecule has 0 heterocycles. The van der Waals surface area contributed by atoms with Gasteiger partial charge in [-0.3, -0.25) is 4.90 Å². The first-order valence-corrected chi connectivity index (χ1v) is 8.93. The summed E-state index contributed by atoms with van der Waals surface area (Å²) in [6.07, 6.45) is 3.94. The zero-order valence-corrected chi connectivity index (χ0v) is 14.7. The average molecular weight is 358 g/mol. The van der Waals surface area contributed by atoms with Crippen LogP contribution < -0.4 is 5.73 Å². The maximum atomic E-state index is 9.77. The van der Waals surface area contributed by atoms with Crippen LogP contribution in [0.15, 0.2) is 36.4 Å². The molecule has 1 aliphatic carbocycles. The molecular formula is C20H26N2O4. The Balaban J connectivity index is 1.80. The molecule has 0 spiro atoms. The first-order valence-electron chi connectivity index (χ1n) is 8.93. The molecule has 6 nitrogen and oxygen atoms in total. The van der Waals surface area contributed by atoms with E-state index in [4.69, 9.17) is 5.73 Å². The van der Waals surface area contributed by atoms with Gasteiger partial charge in [0.25, 0.3) is 0 Å². The summed E-state index contributed by atoms with van der Waals surface area (Å²) in [6, 6.07) is 10.3. The van der Waals surface area contributed by atoms with Crippen molar-refractivity contribution in [2.24, 2.45) is 5.73 Å². The Bertz CT molecular complexity index is 704. The molecule has 0 radical (unpaired) electrons. The van der Waals surface area contributed by atoms with E-state index in [-0.39, 0.29) is 29.0 Å². The molecule has 26 heavy (non-hydrogen) atoms. The summed E-state index contributed by atoms with van der Waals surface area (Å²) in [4.78, 5) is 2.30. The standard InChI is InChI=1S/C20H26N2O4/c21-15-3-5-16(6-4-15)22(11-13-1-7-17(23)19(25)9-13)12-14-2-8-18(24)20(26)10-14/h1-2,7-10,15-16,23-26H,3-6,11-12,21H2/t15-,16-. The van der Waals surface area contributed by atoms with E-state index >= 15 is 0 Å². The van der Waals surface area contributed by atoms with Crippen molar-refractivity contribution < 1.29 is 20.4 Å². The molecule has 0 bridgehead atoms. The normalized spacial score (nSPS) is 20.4. The zero-order chi connectivity index (χ0) is 18.7. The summed E-state index contributed by atoms with van der Waals surface area (Å²) in [5.74, 6) is -0.523. The van der Waals surface area contributed by atoms with Gasteiger partial charge in [0.05, 0.1) is 0 Å². The van der Waals surface area contributed by atoms with E-state index in [1.807, 2.05) is 0 Å². The molecule has 3 rings (SSSR count). The fraction of sp³-hybridized carbons (Fsp3) is 0.400. The Morgan fingerprint density at radius 2 is 1.19 bits per heavy atom. The summed E-state index contributed by atoms with van der Waals surface area (Å²) in [5.41, 5.74) is 7.84. The maximum absolute atomic E-state index is 9.77. The molecular weight excluding hydrogens is 332 g/mol. The lowest BCUT2D eigenvalue weighted by atomic mass is 9.90. The second-order valence-corrected chi connectivity index (χ2v) is 7.12. The van der Waals surface area contributed by atoms with Crippen molar-refractivity contribution in [3.8, 4) is 23.0 Å². The summed E-state index contributed by atoms with van der Waals surface area (Å²) >= 11 is 0. The monoisotopic (exact) mass is 358 g/mol. The van der Waals surface area contributed by atoms with Gasteiger partial charge in [-0.2, -0.15) is 0 Å². The summed E-state index contributed by atoms with van der Waals surface area (Å²) in [7, 11) is 0. The predicted octanol–water partition coefficient (Wildman–Crippen LogP) is 2.78. The Hall–Kier alpha value is -2.44. The second kappa shape index (κ2) is 7.85. The Kier molecular flexibility index (Phi) is 5.54. The van der Waals surface area contributed by atoms with Crippen LogP contribution in [-0.2, 0) is 13.1 Å². The molecule has 0 unspecified atom stereocenters. The van der Waals surface area contributed by atoms with Crippen molar-refractivity contribution in [3.63, 3.8) is 0 Å². The molecule has 2 aromatic carbocycles. The highest BCUT2D eigenvalue weighted by Crippen LogP contribution is 2.30. The maximum Gasteiger partial charge on any atom is 0.157 e. The van der Waals surface area contributed by atoms with E-state index in [2.05, 4.69) is 4.90 Å². The van der Waals surface area contributed by atoms with Crippen molar-refractivity contribution in [1.29, 1.82) is 0 Å². The van der Waals surface area contributed by atoms with Crippen LogP contribution in [0.5, 0.6) is 23.0 Å². The number of nitrogens with two attached hydrogens (primary N) is 1. The van der Waals surface area contributed by atoms with Crippen molar-refractivity contribution in [2.75, 3.05) is 0 Å². The molecule has 2 aromatic rings. The first-order chi connectivity index (χ1) is 12.4. The molecule has 6 heteroatoms. The molecule has 0 aliphatic heterocycles. The first kappa shape index (κ1) is 18.4. The van der Waals surface area contributed by atoms with Crippen LogP contribution in [0.3, 0.4) is 0 Å². The Morgan fingerprint density at radius 1 is 0.731 bits per heavy atom. The van der Waals surface area contributed by atoms with Gasteiger partial charge in [-0.05, 0) is 61.1 Å². The van der Waals surface area contributed by atoms with Gasteiger partial charge in [-0.15, -0.1) is 0 Å². The minimum Gasteiger partial charge on any atom is -0.504 e. The van der Waals surface area contributed by atoms with Crippen molar-refractivity contribution in [3.05, 3.63) is 47.5 Å². The van der Waals surface area contributed by atoms with Crippen LogP contribution in [0.25, 0.3) is 0 Å². The lowest BCUT2D eigenvalue weighted by molar-refractivity contribution is 0.134. The largest absolute Gasteiger partial charge is 0.504 e. The minimum absolute atomic E-state index is 0.129. The van der Waals surface area contributed by atoms with Crippen LogP contribution in [0.4, 0.5) is 0 Å². The third kappa shape index (κ3) is 4.39. The number of phenols is 4. The van der Waals surface area contributed by atoms with E-state index in [1.54, 1.807) is 24.3 Å². The lowest BCUT2D eigenvalue weighted by Crippen LogP contribution is -2.40. The molecule has 1 aliphatic rings. The zero-order valence-electron chi connectivity index (χ0n) is 14.7. The van der Waals surface area contributed by atoms with E-state index in [0.29, 0.717) is 19.1 Å². The molecule has 6 N–H and O–H groups in total. The van der Waals surface area contributed by atoms with Gasteiger partial charge in [0.1, 0.15) is 0 Å². The Labute approximate surface area is 153 Å². The van der Waals surface area contributed by atoms with Crippen LogP contribution >= 0.6 is 0 Å². The molecule has 1 saturated carbocycles. The van der Waals surface area contributed by atoms with Gasteiger partial charge in [-0.1, -0.05) is 12.1 Å². The van der Waals surface area contributed by atoms with Gasteiger partial charge < -0.3 is 26.2 Å². The fourth-order valence-corrected chi connectivity index (χ4v) is 3.58. The summed E-state index contributed by atoms with van der Waals surface area (Å²) in [5, 5.41) is 38.6. The molecule has 0 atom stereocenters. The van der Waals surface area contributed by atoms with Crippen LogP contribution in [0.2, 0.25) is 0 Å². The van der Waals surface area contributed by atoms with Crippen molar-refractivity contribution >= 4 is 0 Å². The lowest BCUT2D eigenvalue weighted by Gasteiger charge is -2.36. The molecule has 0 saturated heterocycles. The SMILES string of the molecule is N[C@H]1CC[C@H](N(Cc2ccc(O)c(O)c2)Cc2ccc(O)c(O)c2)CC1. The molecule has 1 fully saturated rings. The number of aromatic hydroxyl groups is 4. The van der Waals surface area contributed by atoms with Gasteiger partial charge in [0, 0.05) is 25.2 Å². The van der Waals surface area contributed by atoms with E-state index < -0.39 is 0 Å². The van der Waals surface area contributed by atoms with Crippen molar-refractivity contribution in [1.82, 2.24) is 4.90 Å². The molecule has 140 valence electrons. The van der Waals surface area contributed by atoms with E-state index in [1.165, 1.54) is 12.1 Å². The number of benzene rings is 2. The van der Waals surface area contributed by atoms with Crippen LogP contribution in [-0.4, -0.2) is 37.4 Å². The third-order valence-electron chi connectivity index (χ3n) is 5.11. The van der Waals surface area contributed by atoms with Crippen LogP contribution in [0, 0.1) is 0 Å². The average Bonchev–Trinajstić information content (AvgIpc) is 2.61. The minimum atomic E-state index is -0.132. The summed E-state index contributed by atoms with van der Waals surface area (Å²) < 4.78 is 0. The number of rotatable bonds is 5. The number of hydrogen-bond acceptors (Lipinski definition) is 6. The van der Waals surface area contributed by atoms with Gasteiger partial charge in [0.15, 0.2) is 23.0 Å². The molecule has 0 amide bonds. The highest BCUT2D eigenvalue weighted by Gasteiger charge is 2.25. The van der Waals surface area contributed by atoms with Gasteiger partial charge in [0.2, 0.25) is 0 Å². The quantitative estimate of drug-likeness (QED) is 0.526. The number of phenolic OH excluding ortho intramolecular Hbond substituents is 4. The number of nitrogens with zero attached hydrogens (tertiary/aromatic N) is 1. The second-order valence-electron chi connectivity index (χ2n) is 7.12. The highest BCUT2D eigenvalue weighted by molar-refractivity contribution is 5.41. The summed E-state index contributed by atoms with van der Waals surface area (Å²) in [6.45, 7) is 1.21. The number of hydrogen-bond donors (Lipinski definition) is 5. The third-order valence-corrected chi connectivity index (χ3v) is 5.11. The Morgan fingerprint density at radius 3 is 1.62 bits per heavy atom. The predicted molar refractivity (Wildman–Crippen MR) is 99.0 cm³/mol. The smallest absolute Gasteiger partial charge is 0.157 e. The topological polar surface area (TPSA) is 110 Å². The van der Waals surface area contributed by atoms with E-state index in [0.717, 1.165) is 36.8 Å². The van der Waals surface area contributed by atoms with Crippen LogP contribution in [0.1, 0.15) is 36.8 Å². The molecule has 0 aromatic heterocycles. The highest BCUT2D eigenvalue weighted by atomic mass is 16.3.